The van der Waals surface area contributed by atoms with Crippen molar-refractivity contribution in [1.82, 2.24) is 0 Å². The third kappa shape index (κ3) is 12.1. The zero-order valence-electron chi connectivity index (χ0n) is 32.5. The second kappa shape index (κ2) is 23.4. The van der Waals surface area contributed by atoms with Crippen LogP contribution in [0.15, 0.2) is 97.1 Å². The van der Waals surface area contributed by atoms with E-state index in [9.17, 15) is 18.7 Å². The normalized spacial score (nSPS) is 12.7. The Morgan fingerprint density at radius 2 is 1.11 bits per heavy atom. The van der Waals surface area contributed by atoms with Gasteiger partial charge in [-0.3, -0.25) is 18.7 Å². The molecule has 0 spiro atoms. The molecular weight excluding hydrogens is 718 g/mol. The molecule has 54 heavy (non-hydrogen) atoms. The summed E-state index contributed by atoms with van der Waals surface area (Å²) in [6.07, 6.45) is 8.52. The number of methoxy groups -OCH3 is 4. The molecule has 0 aromatic heterocycles. The number of carbonyl (C=O) groups is 2. The van der Waals surface area contributed by atoms with E-state index < -0.39 is 18.5 Å². The third-order valence-electron chi connectivity index (χ3n) is 9.40. The number of benzene rings is 4. The molecule has 0 N–H and O–H groups in total. The Kier molecular flexibility index (Phi) is 19.1. The summed E-state index contributed by atoms with van der Waals surface area (Å²) in [5, 5.41) is -1.05. The fourth-order valence-electron chi connectivity index (χ4n) is 6.52. The van der Waals surface area contributed by atoms with E-state index in [4.69, 9.17) is 18.9 Å². The zero-order chi connectivity index (χ0) is 39.3. The molecule has 3 unspecified atom stereocenters. The van der Waals surface area contributed by atoms with Crippen LogP contribution >= 0.6 is 16.3 Å². The van der Waals surface area contributed by atoms with Gasteiger partial charge in [0.2, 0.25) is 5.52 Å². The van der Waals surface area contributed by atoms with Gasteiger partial charge in [-0.05, 0) is 61.1 Å². The van der Waals surface area contributed by atoms with Gasteiger partial charge in [-0.25, -0.2) is 0 Å². The lowest BCUT2D eigenvalue weighted by atomic mass is 9.85. The Morgan fingerprint density at radius 1 is 0.630 bits per heavy atom. The summed E-state index contributed by atoms with van der Waals surface area (Å²) < 4.78 is 47.1. The summed E-state index contributed by atoms with van der Waals surface area (Å²) in [7, 11) is 3.77. The van der Waals surface area contributed by atoms with E-state index in [2.05, 4.69) is 6.92 Å². The van der Waals surface area contributed by atoms with Gasteiger partial charge in [0, 0.05) is 5.66 Å². The van der Waals surface area contributed by atoms with Gasteiger partial charge in [0.15, 0.2) is 14.2 Å². The summed E-state index contributed by atoms with van der Waals surface area (Å²) in [4.78, 5) is 26.8. The molecule has 0 saturated carbocycles. The highest BCUT2D eigenvalue weighted by Gasteiger charge is 2.42. The number of Topliss-reactive ketones (excluding diaryl/α,β-unsaturated/α-hetero) is 1. The van der Waals surface area contributed by atoms with E-state index in [-0.39, 0.29) is 25.5 Å². The van der Waals surface area contributed by atoms with Crippen LogP contribution in [0.4, 0.5) is 0 Å². The number of unbranched alkanes of at least 4 members (excludes halogenated alkanes) is 4. The minimum absolute atomic E-state index is 0.173. The van der Waals surface area contributed by atoms with Crippen molar-refractivity contribution in [3.05, 3.63) is 119 Å². The maximum absolute atomic E-state index is 13.8. The number of carbonyl (C=O) groups excluding carboxylic acids is 2. The van der Waals surface area contributed by atoms with Gasteiger partial charge < -0.3 is 18.9 Å². The van der Waals surface area contributed by atoms with Crippen molar-refractivity contribution in [2.24, 2.45) is 0 Å². The first-order valence-corrected chi connectivity index (χ1v) is 20.8. The van der Waals surface area contributed by atoms with Crippen LogP contribution in [0.3, 0.4) is 0 Å². The van der Waals surface area contributed by atoms with Gasteiger partial charge >= 0.3 is 0 Å². The van der Waals surface area contributed by atoms with E-state index in [1.54, 1.807) is 36.4 Å². The second-order valence-electron chi connectivity index (χ2n) is 13.1. The SMILES string of the molecule is CCCC(Cc1ccccc1)[P](=O)C(=O)c1c(OC)cccc1OC.CCCCCCCC(Cc1ccccc1)(P=O)C(=O)c1c(OC)cccc1OC. The largest absolute Gasteiger partial charge is 0.496 e. The minimum Gasteiger partial charge on any atom is -0.496 e. The van der Waals surface area contributed by atoms with Crippen molar-refractivity contribution in [1.29, 1.82) is 0 Å². The Balaban J connectivity index is 0.000000294. The molecule has 4 aromatic rings. The van der Waals surface area contributed by atoms with E-state index in [1.165, 1.54) is 34.9 Å². The molecule has 4 rings (SSSR count). The Morgan fingerprint density at radius 3 is 1.57 bits per heavy atom. The molecule has 1 radical (unpaired) electrons. The first-order chi connectivity index (χ1) is 26.2. The van der Waals surface area contributed by atoms with Crippen molar-refractivity contribution in [2.45, 2.75) is 88.9 Å². The average molecular weight is 774 g/mol. The van der Waals surface area contributed by atoms with Gasteiger partial charge in [-0.15, -0.1) is 0 Å². The zero-order valence-corrected chi connectivity index (χ0v) is 34.3. The monoisotopic (exact) mass is 773 g/mol. The lowest BCUT2D eigenvalue weighted by Crippen LogP contribution is -2.36. The van der Waals surface area contributed by atoms with Crippen LogP contribution in [0.25, 0.3) is 0 Å². The van der Waals surface area contributed by atoms with E-state index in [0.29, 0.717) is 47.8 Å². The molecule has 0 bridgehead atoms. The quantitative estimate of drug-likeness (QED) is 0.0441. The Bertz CT molecular complexity index is 1740. The number of ether oxygens (including phenoxy) is 4. The molecule has 3 atom stereocenters. The molecule has 0 aliphatic rings. The standard InChI is InChI=1S/C24H31O4P.C20H24O4P/c1-4-5-6-7-11-17-24(29-26,18-19-13-9-8-10-14-19)23(25)22-20(27-2)15-12-16-21(22)28-3;1-4-9-16(14-15-10-6-5-7-11-15)25(22)20(21)19-17(23-2)12-8-13-18(19)24-3/h8-10,12-16H,4-7,11,17-18H2,1-3H3;5-8,10-13,16H,4,9,14H2,1-3H3. The van der Waals surface area contributed by atoms with Crippen LogP contribution in [0.5, 0.6) is 23.0 Å². The van der Waals surface area contributed by atoms with Crippen molar-refractivity contribution >= 4 is 27.6 Å². The molecule has 0 fully saturated rings. The summed E-state index contributed by atoms with van der Waals surface area (Å²) in [6, 6.07) is 30.0. The maximum Gasteiger partial charge on any atom is 0.249 e. The third-order valence-corrected chi connectivity index (χ3v) is 12.1. The summed E-state index contributed by atoms with van der Waals surface area (Å²) in [5.41, 5.74) is 2.10. The summed E-state index contributed by atoms with van der Waals surface area (Å²) in [6.45, 7) is 4.21. The fourth-order valence-corrected chi connectivity index (χ4v) is 8.86. The topological polar surface area (TPSA) is 105 Å². The van der Waals surface area contributed by atoms with Gasteiger partial charge in [-0.2, -0.15) is 0 Å². The summed E-state index contributed by atoms with van der Waals surface area (Å²) >= 11 is 0. The Hall–Kier alpha value is -4.38. The number of rotatable bonds is 22. The molecule has 0 saturated heterocycles. The number of hydrogen-bond donors (Lipinski definition) is 0. The molecule has 10 heteroatoms. The maximum atomic E-state index is 13.8. The van der Waals surface area contributed by atoms with Crippen molar-refractivity contribution in [3.63, 3.8) is 0 Å². The van der Waals surface area contributed by atoms with Crippen LogP contribution in [0, 0.1) is 0 Å². The van der Waals surface area contributed by atoms with Crippen molar-refractivity contribution < 1.29 is 37.7 Å². The van der Waals surface area contributed by atoms with Crippen LogP contribution in [0.1, 0.15) is 97.1 Å². The lowest BCUT2D eigenvalue weighted by molar-refractivity contribution is 0.0925. The summed E-state index contributed by atoms with van der Waals surface area (Å²) in [5.74, 6) is 1.48. The van der Waals surface area contributed by atoms with Gasteiger partial charge in [0.25, 0.3) is 0 Å². The van der Waals surface area contributed by atoms with Gasteiger partial charge in [-0.1, -0.05) is 125 Å². The molecule has 0 heterocycles. The molecule has 4 aromatic carbocycles. The van der Waals surface area contributed by atoms with E-state index >= 15 is 0 Å². The molecule has 289 valence electrons. The molecular formula is C44H55O8P2. The Labute approximate surface area is 324 Å². The molecule has 8 nitrogen and oxygen atoms in total. The van der Waals surface area contributed by atoms with Crippen LogP contribution < -0.4 is 18.9 Å². The van der Waals surface area contributed by atoms with Crippen LogP contribution in [-0.4, -0.2) is 50.6 Å². The predicted molar refractivity (Wildman–Crippen MR) is 218 cm³/mol. The predicted octanol–water partition coefficient (Wildman–Crippen LogP) is 11.6. The molecule has 0 amide bonds. The highest BCUT2D eigenvalue weighted by Crippen LogP contribution is 2.43. The highest BCUT2D eigenvalue weighted by atomic mass is 31.1. The van der Waals surface area contributed by atoms with Crippen LogP contribution in [-0.2, 0) is 22.0 Å². The fraction of sp³-hybridized carbons (Fsp3) is 0.409. The smallest absolute Gasteiger partial charge is 0.249 e. The highest BCUT2D eigenvalue weighted by molar-refractivity contribution is 7.65. The van der Waals surface area contributed by atoms with Crippen molar-refractivity contribution in [3.8, 4) is 23.0 Å². The number of ketones is 1. The van der Waals surface area contributed by atoms with Crippen molar-refractivity contribution in [2.75, 3.05) is 28.4 Å². The first-order valence-electron chi connectivity index (χ1n) is 18.6. The van der Waals surface area contributed by atoms with E-state index in [1.807, 2.05) is 67.6 Å². The number of hydrogen-bond acceptors (Lipinski definition) is 8. The van der Waals surface area contributed by atoms with Gasteiger partial charge in [0.1, 0.15) is 47.1 Å². The average Bonchev–Trinajstić information content (AvgIpc) is 3.22. The minimum atomic E-state index is -2.10. The molecule has 0 aliphatic heterocycles. The second-order valence-corrected chi connectivity index (χ2v) is 15.9. The lowest BCUT2D eigenvalue weighted by Gasteiger charge is -2.27. The first kappa shape index (κ1) is 44.0. The molecule has 0 aliphatic carbocycles. The van der Waals surface area contributed by atoms with E-state index in [0.717, 1.165) is 49.7 Å². The van der Waals surface area contributed by atoms with Gasteiger partial charge in [0.05, 0.1) is 28.4 Å². The van der Waals surface area contributed by atoms with Crippen LogP contribution in [0.2, 0.25) is 0 Å².